The van der Waals surface area contributed by atoms with E-state index < -0.39 is 0 Å². The second kappa shape index (κ2) is 8.60. The maximum absolute atomic E-state index is 13.3. The van der Waals surface area contributed by atoms with Crippen molar-refractivity contribution in [2.45, 2.75) is 13.0 Å². The molecule has 0 aliphatic heterocycles. The summed E-state index contributed by atoms with van der Waals surface area (Å²) in [5.74, 6) is 1.31. The standard InChI is InChI=1S/C22H23FN6/c1-24-22(25-10-9-16-12-26-19-11-17(23)7-8-18(16)19)28-14-21-27-13-20(29-21)15-5-3-2-4-6-15/h2-8,11-13,26H,9-10,14H2,1H3,(H,27,29)(H2,24,25,28). The van der Waals surface area contributed by atoms with Gasteiger partial charge < -0.3 is 20.6 Å². The highest BCUT2D eigenvalue weighted by molar-refractivity contribution is 5.83. The van der Waals surface area contributed by atoms with Crippen LogP contribution in [-0.2, 0) is 13.0 Å². The largest absolute Gasteiger partial charge is 0.361 e. The van der Waals surface area contributed by atoms with Crippen LogP contribution in [0.5, 0.6) is 0 Å². The second-order valence-electron chi connectivity index (χ2n) is 6.72. The molecule has 2 heterocycles. The van der Waals surface area contributed by atoms with Crippen LogP contribution in [0, 0.1) is 5.82 Å². The zero-order chi connectivity index (χ0) is 20.1. The van der Waals surface area contributed by atoms with Crippen molar-refractivity contribution in [1.29, 1.82) is 0 Å². The third kappa shape index (κ3) is 4.45. The summed E-state index contributed by atoms with van der Waals surface area (Å²) >= 11 is 0. The zero-order valence-corrected chi connectivity index (χ0v) is 16.2. The van der Waals surface area contributed by atoms with Crippen LogP contribution in [0.4, 0.5) is 4.39 Å². The van der Waals surface area contributed by atoms with E-state index in [0.29, 0.717) is 19.0 Å². The Morgan fingerprint density at radius 1 is 1.14 bits per heavy atom. The third-order valence-electron chi connectivity index (χ3n) is 4.78. The maximum Gasteiger partial charge on any atom is 0.191 e. The van der Waals surface area contributed by atoms with Crippen LogP contribution in [0.15, 0.2) is 65.9 Å². The van der Waals surface area contributed by atoms with Gasteiger partial charge in [-0.2, -0.15) is 0 Å². The summed E-state index contributed by atoms with van der Waals surface area (Å²) in [4.78, 5) is 15.1. The minimum absolute atomic E-state index is 0.234. The van der Waals surface area contributed by atoms with E-state index in [1.54, 1.807) is 7.05 Å². The van der Waals surface area contributed by atoms with Crippen molar-refractivity contribution in [2.24, 2.45) is 4.99 Å². The van der Waals surface area contributed by atoms with Crippen LogP contribution in [-0.4, -0.2) is 34.5 Å². The topological polar surface area (TPSA) is 80.9 Å². The van der Waals surface area contributed by atoms with Crippen LogP contribution < -0.4 is 10.6 Å². The summed E-state index contributed by atoms with van der Waals surface area (Å²) in [6, 6.07) is 14.9. The number of guanidine groups is 1. The summed E-state index contributed by atoms with van der Waals surface area (Å²) in [5.41, 5.74) is 4.05. The molecule has 0 saturated carbocycles. The summed E-state index contributed by atoms with van der Waals surface area (Å²) in [6.07, 6.45) is 4.56. The molecule has 2 aromatic carbocycles. The summed E-state index contributed by atoms with van der Waals surface area (Å²) < 4.78 is 13.3. The van der Waals surface area contributed by atoms with Crippen molar-refractivity contribution in [1.82, 2.24) is 25.6 Å². The first-order valence-electron chi connectivity index (χ1n) is 9.52. The van der Waals surface area contributed by atoms with Crippen molar-refractivity contribution in [3.8, 4) is 11.3 Å². The van der Waals surface area contributed by atoms with E-state index in [9.17, 15) is 4.39 Å². The second-order valence-corrected chi connectivity index (χ2v) is 6.72. The highest BCUT2D eigenvalue weighted by Crippen LogP contribution is 2.19. The summed E-state index contributed by atoms with van der Waals surface area (Å²) in [7, 11) is 1.74. The number of aromatic amines is 2. The summed E-state index contributed by atoms with van der Waals surface area (Å²) in [5, 5.41) is 7.61. The fourth-order valence-corrected chi connectivity index (χ4v) is 3.29. The predicted molar refractivity (Wildman–Crippen MR) is 114 cm³/mol. The van der Waals surface area contributed by atoms with Gasteiger partial charge in [-0.15, -0.1) is 0 Å². The van der Waals surface area contributed by atoms with Crippen molar-refractivity contribution >= 4 is 16.9 Å². The minimum atomic E-state index is -0.234. The molecule has 7 heteroatoms. The molecule has 0 aliphatic rings. The quantitative estimate of drug-likeness (QED) is 0.300. The number of aromatic nitrogens is 3. The SMILES string of the molecule is CN=C(NCCc1c[nH]c2cc(F)ccc12)NCc1ncc(-c2ccccc2)[nH]1. The van der Waals surface area contributed by atoms with E-state index in [1.165, 1.54) is 12.1 Å². The molecule has 0 unspecified atom stereocenters. The number of benzene rings is 2. The number of imidazole rings is 1. The molecule has 0 bridgehead atoms. The number of hydrogen-bond donors (Lipinski definition) is 4. The van der Waals surface area contributed by atoms with E-state index in [4.69, 9.17) is 0 Å². The molecule has 0 saturated heterocycles. The van der Waals surface area contributed by atoms with Crippen LogP contribution in [0.25, 0.3) is 22.2 Å². The first-order valence-corrected chi connectivity index (χ1v) is 9.52. The average Bonchev–Trinajstić information content (AvgIpc) is 3.38. The molecule has 4 rings (SSSR count). The Hall–Kier alpha value is -3.61. The van der Waals surface area contributed by atoms with Gasteiger partial charge in [0.25, 0.3) is 0 Å². The number of fused-ring (bicyclic) bond motifs is 1. The van der Waals surface area contributed by atoms with E-state index in [0.717, 1.165) is 40.0 Å². The van der Waals surface area contributed by atoms with E-state index in [2.05, 4.69) is 30.6 Å². The molecule has 148 valence electrons. The van der Waals surface area contributed by atoms with Crippen molar-refractivity contribution < 1.29 is 4.39 Å². The monoisotopic (exact) mass is 390 g/mol. The zero-order valence-electron chi connectivity index (χ0n) is 16.2. The van der Waals surface area contributed by atoms with Crippen LogP contribution >= 0.6 is 0 Å². The molecule has 0 aliphatic carbocycles. The van der Waals surface area contributed by atoms with E-state index in [-0.39, 0.29) is 5.82 Å². The first-order chi connectivity index (χ1) is 14.2. The number of H-pyrrole nitrogens is 2. The van der Waals surface area contributed by atoms with Gasteiger partial charge in [0, 0.05) is 30.7 Å². The molecule has 0 amide bonds. The number of halogens is 1. The van der Waals surface area contributed by atoms with Crippen LogP contribution in [0.1, 0.15) is 11.4 Å². The minimum Gasteiger partial charge on any atom is -0.361 e. The van der Waals surface area contributed by atoms with Gasteiger partial charge in [-0.25, -0.2) is 9.37 Å². The Bertz CT molecular complexity index is 1110. The molecular weight excluding hydrogens is 367 g/mol. The molecule has 2 aromatic heterocycles. The van der Waals surface area contributed by atoms with E-state index in [1.807, 2.05) is 48.8 Å². The smallest absolute Gasteiger partial charge is 0.191 e. The Kier molecular flexibility index (Phi) is 5.56. The maximum atomic E-state index is 13.3. The number of hydrogen-bond acceptors (Lipinski definition) is 2. The van der Waals surface area contributed by atoms with Crippen molar-refractivity contribution in [3.63, 3.8) is 0 Å². The molecule has 4 N–H and O–H groups in total. The highest BCUT2D eigenvalue weighted by atomic mass is 19.1. The van der Waals surface area contributed by atoms with Gasteiger partial charge in [0.05, 0.1) is 18.4 Å². The number of nitrogens with one attached hydrogen (secondary N) is 4. The lowest BCUT2D eigenvalue weighted by molar-refractivity contribution is 0.629. The molecule has 0 fully saturated rings. The van der Waals surface area contributed by atoms with Crippen molar-refractivity contribution in [3.05, 3.63) is 78.1 Å². The fourth-order valence-electron chi connectivity index (χ4n) is 3.29. The Morgan fingerprint density at radius 3 is 2.83 bits per heavy atom. The third-order valence-corrected chi connectivity index (χ3v) is 4.78. The average molecular weight is 390 g/mol. The molecule has 0 radical (unpaired) electrons. The van der Waals surface area contributed by atoms with E-state index >= 15 is 0 Å². The molecule has 6 nitrogen and oxygen atoms in total. The number of nitrogens with zero attached hydrogens (tertiary/aromatic N) is 2. The molecule has 4 aromatic rings. The predicted octanol–water partition coefficient (Wildman–Crippen LogP) is 3.60. The normalized spacial score (nSPS) is 11.7. The van der Waals surface area contributed by atoms with Gasteiger partial charge in [-0.1, -0.05) is 30.3 Å². The molecule has 0 spiro atoms. The highest BCUT2D eigenvalue weighted by Gasteiger charge is 2.06. The van der Waals surface area contributed by atoms with Gasteiger partial charge in [-0.3, -0.25) is 4.99 Å². The Labute approximate surface area is 168 Å². The van der Waals surface area contributed by atoms with Crippen LogP contribution in [0.2, 0.25) is 0 Å². The van der Waals surface area contributed by atoms with Crippen LogP contribution in [0.3, 0.4) is 0 Å². The lowest BCUT2D eigenvalue weighted by Gasteiger charge is -2.10. The van der Waals surface area contributed by atoms with Gasteiger partial charge in [0.15, 0.2) is 5.96 Å². The van der Waals surface area contributed by atoms with Gasteiger partial charge in [0.2, 0.25) is 0 Å². The lowest BCUT2D eigenvalue weighted by atomic mass is 10.1. The molecular formula is C22H23FN6. The Balaban J connectivity index is 1.29. The van der Waals surface area contributed by atoms with Crippen molar-refractivity contribution in [2.75, 3.05) is 13.6 Å². The molecule has 29 heavy (non-hydrogen) atoms. The lowest BCUT2D eigenvalue weighted by Crippen LogP contribution is -2.38. The Morgan fingerprint density at radius 2 is 2.00 bits per heavy atom. The number of rotatable bonds is 6. The first kappa shape index (κ1) is 18.7. The van der Waals surface area contributed by atoms with Gasteiger partial charge in [-0.05, 0) is 35.7 Å². The molecule has 0 atom stereocenters. The summed E-state index contributed by atoms with van der Waals surface area (Å²) in [6.45, 7) is 1.25. The number of aliphatic imine (C=N–C) groups is 1. The van der Waals surface area contributed by atoms with Gasteiger partial charge in [0.1, 0.15) is 11.6 Å². The fraction of sp³-hybridized carbons (Fsp3) is 0.182. The van der Waals surface area contributed by atoms with Gasteiger partial charge >= 0.3 is 0 Å².